The Morgan fingerprint density at radius 1 is 0.974 bits per heavy atom. The number of nitrogens with zero attached hydrogens (tertiary/aromatic N) is 3. The van der Waals surface area contributed by atoms with E-state index in [0.29, 0.717) is 16.3 Å². The van der Waals surface area contributed by atoms with Gasteiger partial charge in [0.2, 0.25) is 0 Å². The molecule has 2 aliphatic heterocycles. The molecule has 3 aromatic rings. The molecule has 2 aliphatic rings. The molecular weight excluding hydrogens is 512 g/mol. The van der Waals surface area contributed by atoms with E-state index >= 15 is 0 Å². The Morgan fingerprint density at radius 3 is 2.47 bits per heavy atom. The van der Waals surface area contributed by atoms with Crippen LogP contribution < -0.4 is 10.2 Å². The van der Waals surface area contributed by atoms with Crippen molar-refractivity contribution in [3.8, 4) is 5.75 Å². The number of hydrogen-bond donors (Lipinski definition) is 1. The van der Waals surface area contributed by atoms with E-state index in [9.17, 15) is 24.0 Å². The summed E-state index contributed by atoms with van der Waals surface area (Å²) in [5, 5.41) is 0.925. The number of nitrogens with one attached hydrogen (secondary N) is 1. The number of rotatable bonds is 8. The Bertz CT molecular complexity index is 1400. The molecule has 0 radical (unpaired) electrons. The van der Waals surface area contributed by atoms with Gasteiger partial charge in [0.1, 0.15) is 16.6 Å². The highest BCUT2D eigenvalue weighted by molar-refractivity contribution is 8.01. The number of pyridine rings is 1. The summed E-state index contributed by atoms with van der Waals surface area (Å²) in [5.74, 6) is -2.79. The number of aromatic nitrogens is 1. The van der Waals surface area contributed by atoms with Crippen LogP contribution in [0.4, 0.5) is 0 Å². The topological polar surface area (TPSA) is 135 Å². The first-order valence-corrected chi connectivity index (χ1v) is 12.7. The summed E-state index contributed by atoms with van der Waals surface area (Å²) in [6.45, 7) is -0.377. The Labute approximate surface area is 221 Å². The molecule has 2 atom stereocenters. The van der Waals surface area contributed by atoms with Crippen LogP contribution in [0.15, 0.2) is 66.9 Å². The number of fused-ring (bicyclic) bond motifs is 1. The van der Waals surface area contributed by atoms with Crippen molar-refractivity contribution in [3.05, 3.63) is 72.4 Å². The van der Waals surface area contributed by atoms with E-state index in [4.69, 9.17) is 9.57 Å². The molecular formula is C26H22N4O7S. The molecule has 2 saturated heterocycles. The summed E-state index contributed by atoms with van der Waals surface area (Å²) in [5.41, 5.74) is 3.92. The SMILES string of the molecule is O=C(COc1cccc2cccnc12)NN1C(=O)C(CC(=O)ON2C(=O)CCC2=O)SC1c1ccccc1. The second-order valence-electron chi connectivity index (χ2n) is 8.50. The third kappa shape index (κ3) is 5.30. The first-order chi connectivity index (χ1) is 18.4. The fourth-order valence-electron chi connectivity index (χ4n) is 4.09. The van der Waals surface area contributed by atoms with Crippen LogP contribution in [0.3, 0.4) is 0 Å². The van der Waals surface area contributed by atoms with Gasteiger partial charge in [-0.2, -0.15) is 0 Å². The molecule has 2 aromatic carbocycles. The Balaban J connectivity index is 1.27. The number of hydrazine groups is 1. The molecule has 5 rings (SSSR count). The Hall–Kier alpha value is -4.45. The van der Waals surface area contributed by atoms with Gasteiger partial charge in [0.25, 0.3) is 23.6 Å². The first kappa shape index (κ1) is 25.2. The summed E-state index contributed by atoms with van der Waals surface area (Å²) in [7, 11) is 0. The molecule has 2 fully saturated rings. The van der Waals surface area contributed by atoms with Gasteiger partial charge in [0.05, 0.1) is 11.7 Å². The normalized spacial score (nSPS) is 19.2. The number of amides is 4. The smallest absolute Gasteiger partial charge is 0.334 e. The Morgan fingerprint density at radius 2 is 1.71 bits per heavy atom. The third-order valence-electron chi connectivity index (χ3n) is 5.88. The van der Waals surface area contributed by atoms with Gasteiger partial charge in [-0.15, -0.1) is 16.8 Å². The van der Waals surface area contributed by atoms with Crippen molar-refractivity contribution < 1.29 is 33.5 Å². The van der Waals surface area contributed by atoms with Crippen LogP contribution in [0.2, 0.25) is 0 Å². The minimum absolute atomic E-state index is 0.0317. The highest BCUT2D eigenvalue weighted by Gasteiger charge is 2.44. The highest BCUT2D eigenvalue weighted by Crippen LogP contribution is 2.43. The van der Waals surface area contributed by atoms with E-state index in [-0.39, 0.29) is 19.4 Å². The van der Waals surface area contributed by atoms with Crippen molar-refractivity contribution in [1.82, 2.24) is 20.5 Å². The number of carbonyl (C=O) groups is 5. The zero-order valence-electron chi connectivity index (χ0n) is 19.9. The quantitative estimate of drug-likeness (QED) is 0.432. The summed E-state index contributed by atoms with van der Waals surface area (Å²) >= 11 is 1.15. The standard InChI is InChI=1S/C26H22N4O7S/c31-20(15-36-18-10-4-8-16-9-5-13-27-24(16)18)28-29-25(35)19(38-26(29)17-6-2-1-3-7-17)14-23(34)37-30-21(32)11-12-22(30)33/h1-10,13,19,26H,11-12,14-15H2,(H,28,31). The molecule has 0 aliphatic carbocycles. The van der Waals surface area contributed by atoms with Crippen molar-refractivity contribution in [2.45, 2.75) is 29.9 Å². The maximum absolute atomic E-state index is 13.3. The molecule has 0 saturated carbocycles. The molecule has 194 valence electrons. The van der Waals surface area contributed by atoms with E-state index in [1.807, 2.05) is 18.2 Å². The number of thioether (sulfide) groups is 1. The van der Waals surface area contributed by atoms with Crippen molar-refractivity contribution in [2.75, 3.05) is 6.61 Å². The van der Waals surface area contributed by atoms with E-state index < -0.39 is 46.6 Å². The number of hydroxylamine groups is 2. The van der Waals surface area contributed by atoms with Crippen molar-refractivity contribution in [2.24, 2.45) is 0 Å². The van der Waals surface area contributed by atoms with E-state index in [1.54, 1.807) is 48.7 Å². The lowest BCUT2D eigenvalue weighted by Gasteiger charge is -2.24. The van der Waals surface area contributed by atoms with Gasteiger partial charge in [-0.3, -0.25) is 29.6 Å². The largest absolute Gasteiger partial charge is 0.481 e. The van der Waals surface area contributed by atoms with Gasteiger partial charge in [0, 0.05) is 24.4 Å². The number of carbonyl (C=O) groups excluding carboxylic acids is 5. The molecule has 4 amide bonds. The van der Waals surface area contributed by atoms with Crippen LogP contribution in [0.5, 0.6) is 5.75 Å². The monoisotopic (exact) mass is 534 g/mol. The van der Waals surface area contributed by atoms with E-state index in [1.165, 1.54) is 0 Å². The second kappa shape index (κ2) is 10.9. The number of imide groups is 1. The van der Waals surface area contributed by atoms with Crippen LogP contribution in [0.1, 0.15) is 30.2 Å². The lowest BCUT2D eigenvalue weighted by atomic mass is 10.2. The number of ether oxygens (including phenoxy) is 1. The number of benzene rings is 2. The predicted molar refractivity (Wildman–Crippen MR) is 135 cm³/mol. The van der Waals surface area contributed by atoms with Gasteiger partial charge in [-0.25, -0.2) is 9.80 Å². The Kier molecular flexibility index (Phi) is 7.22. The van der Waals surface area contributed by atoms with Crippen LogP contribution >= 0.6 is 11.8 Å². The fourth-order valence-corrected chi connectivity index (χ4v) is 5.46. The molecule has 38 heavy (non-hydrogen) atoms. The van der Waals surface area contributed by atoms with Crippen LogP contribution in [0.25, 0.3) is 10.9 Å². The average molecular weight is 535 g/mol. The van der Waals surface area contributed by atoms with Gasteiger partial charge in [0.15, 0.2) is 6.61 Å². The molecule has 0 spiro atoms. The van der Waals surface area contributed by atoms with Crippen molar-refractivity contribution in [3.63, 3.8) is 0 Å². The van der Waals surface area contributed by atoms with Gasteiger partial charge in [-0.05, 0) is 17.7 Å². The summed E-state index contributed by atoms with van der Waals surface area (Å²) in [6.07, 6.45) is 1.17. The molecule has 12 heteroatoms. The zero-order chi connectivity index (χ0) is 26.6. The maximum atomic E-state index is 13.3. The lowest BCUT2D eigenvalue weighted by Crippen LogP contribution is -2.47. The van der Waals surface area contributed by atoms with Gasteiger partial charge >= 0.3 is 5.97 Å². The number of hydrogen-bond acceptors (Lipinski definition) is 9. The van der Waals surface area contributed by atoms with Crippen LogP contribution in [0, 0.1) is 0 Å². The molecule has 11 nitrogen and oxygen atoms in total. The van der Waals surface area contributed by atoms with Gasteiger partial charge in [-0.1, -0.05) is 48.5 Å². The fraction of sp³-hybridized carbons (Fsp3) is 0.231. The second-order valence-corrected chi connectivity index (χ2v) is 9.79. The molecule has 3 heterocycles. The maximum Gasteiger partial charge on any atom is 0.334 e. The third-order valence-corrected chi connectivity index (χ3v) is 7.31. The van der Waals surface area contributed by atoms with E-state index in [0.717, 1.165) is 27.7 Å². The summed E-state index contributed by atoms with van der Waals surface area (Å²) in [4.78, 5) is 71.3. The minimum Gasteiger partial charge on any atom is -0.481 e. The molecule has 2 unspecified atom stereocenters. The predicted octanol–water partition coefficient (Wildman–Crippen LogP) is 2.28. The average Bonchev–Trinajstić information content (AvgIpc) is 3.41. The number of para-hydroxylation sites is 1. The highest BCUT2D eigenvalue weighted by atomic mass is 32.2. The van der Waals surface area contributed by atoms with Crippen molar-refractivity contribution >= 4 is 52.3 Å². The lowest BCUT2D eigenvalue weighted by molar-refractivity contribution is -0.197. The summed E-state index contributed by atoms with van der Waals surface area (Å²) < 4.78 is 5.69. The van der Waals surface area contributed by atoms with Crippen molar-refractivity contribution in [1.29, 1.82) is 0 Å². The molecule has 0 bridgehead atoms. The van der Waals surface area contributed by atoms with E-state index in [2.05, 4.69) is 10.4 Å². The van der Waals surface area contributed by atoms with Gasteiger partial charge < -0.3 is 9.57 Å². The molecule has 1 N–H and O–H groups in total. The van der Waals surface area contributed by atoms with Crippen LogP contribution in [-0.2, 0) is 28.8 Å². The molecule has 1 aromatic heterocycles. The van der Waals surface area contributed by atoms with Crippen LogP contribution in [-0.4, -0.2) is 56.5 Å². The first-order valence-electron chi connectivity index (χ1n) is 11.8. The summed E-state index contributed by atoms with van der Waals surface area (Å²) in [6, 6.07) is 18.0. The zero-order valence-corrected chi connectivity index (χ0v) is 20.8. The minimum atomic E-state index is -0.913.